The van der Waals surface area contributed by atoms with Crippen LogP contribution in [0.1, 0.15) is 22.4 Å². The van der Waals surface area contributed by atoms with E-state index in [0.29, 0.717) is 6.42 Å². The lowest BCUT2D eigenvalue weighted by Crippen LogP contribution is -2.27. The van der Waals surface area contributed by atoms with Crippen LogP contribution in [0.2, 0.25) is 0 Å². The maximum Gasteiger partial charge on any atom is 0.310 e. The van der Waals surface area contributed by atoms with E-state index in [0.717, 1.165) is 18.5 Å². The number of nitrogens with one attached hydrogen (secondary N) is 2. The van der Waals surface area contributed by atoms with E-state index in [1.807, 2.05) is 0 Å². The molecule has 3 rings (SSSR count). The standard InChI is InChI=1S/C15H14N2O2/c18-14-9-13(16-17-15(14)19)7-5-10-4-6-11-2-1-3-12(11)8-10/h1,3-4,6,8-9H,2,5,7H2,(H,16,18)(H,17,19). The van der Waals surface area contributed by atoms with Gasteiger partial charge in [-0.25, -0.2) is 0 Å². The van der Waals surface area contributed by atoms with E-state index >= 15 is 0 Å². The van der Waals surface area contributed by atoms with E-state index in [1.165, 1.54) is 22.8 Å². The third-order valence-electron chi connectivity index (χ3n) is 3.39. The van der Waals surface area contributed by atoms with Crippen molar-refractivity contribution in [3.63, 3.8) is 0 Å². The highest BCUT2D eigenvalue weighted by Gasteiger charge is 2.06. The minimum Gasteiger partial charge on any atom is -0.302 e. The van der Waals surface area contributed by atoms with Crippen molar-refractivity contribution >= 4 is 6.08 Å². The Morgan fingerprint density at radius 3 is 2.79 bits per heavy atom. The van der Waals surface area contributed by atoms with E-state index in [4.69, 9.17) is 0 Å². The van der Waals surface area contributed by atoms with Gasteiger partial charge in [0.1, 0.15) is 0 Å². The number of benzene rings is 1. The second kappa shape index (κ2) is 4.72. The van der Waals surface area contributed by atoms with Crippen molar-refractivity contribution in [2.24, 2.45) is 0 Å². The molecule has 0 radical (unpaired) electrons. The fourth-order valence-corrected chi connectivity index (χ4v) is 2.33. The average Bonchev–Trinajstić information content (AvgIpc) is 2.87. The van der Waals surface area contributed by atoms with Gasteiger partial charge in [0, 0.05) is 11.8 Å². The highest BCUT2D eigenvalue weighted by molar-refractivity contribution is 5.60. The minimum atomic E-state index is -0.605. The largest absolute Gasteiger partial charge is 0.310 e. The number of hydrogen-bond acceptors (Lipinski definition) is 2. The van der Waals surface area contributed by atoms with Crippen LogP contribution >= 0.6 is 0 Å². The highest BCUT2D eigenvalue weighted by Crippen LogP contribution is 2.21. The maximum absolute atomic E-state index is 11.2. The van der Waals surface area contributed by atoms with Crippen LogP contribution in [0.5, 0.6) is 0 Å². The Kier molecular flexibility index (Phi) is 2.91. The van der Waals surface area contributed by atoms with Crippen LogP contribution in [0.25, 0.3) is 6.08 Å². The predicted molar refractivity (Wildman–Crippen MR) is 74.3 cm³/mol. The molecule has 1 aromatic carbocycles. The van der Waals surface area contributed by atoms with Gasteiger partial charge in [0.25, 0.3) is 0 Å². The fourth-order valence-electron chi connectivity index (χ4n) is 2.33. The molecule has 0 bridgehead atoms. The van der Waals surface area contributed by atoms with Crippen molar-refractivity contribution in [3.8, 4) is 0 Å². The van der Waals surface area contributed by atoms with Gasteiger partial charge in [-0.2, -0.15) is 0 Å². The molecule has 0 unspecified atom stereocenters. The smallest absolute Gasteiger partial charge is 0.302 e. The summed E-state index contributed by atoms with van der Waals surface area (Å²) in [6.07, 6.45) is 6.86. The van der Waals surface area contributed by atoms with Crippen LogP contribution < -0.4 is 11.0 Å². The third kappa shape index (κ3) is 2.42. The van der Waals surface area contributed by atoms with Gasteiger partial charge in [-0.3, -0.25) is 14.7 Å². The van der Waals surface area contributed by atoms with Crippen molar-refractivity contribution in [3.05, 3.63) is 73.3 Å². The highest BCUT2D eigenvalue weighted by atomic mass is 16.2. The Labute approximate surface area is 109 Å². The Balaban J connectivity index is 1.75. The Morgan fingerprint density at radius 2 is 1.95 bits per heavy atom. The lowest BCUT2D eigenvalue weighted by atomic mass is 10.0. The van der Waals surface area contributed by atoms with Crippen LogP contribution in [-0.2, 0) is 19.3 Å². The number of aromatic nitrogens is 2. The number of fused-ring (bicyclic) bond motifs is 1. The Hall–Kier alpha value is -2.36. The summed E-state index contributed by atoms with van der Waals surface area (Å²) in [5, 5.41) is 5.09. The Morgan fingerprint density at radius 1 is 1.05 bits per heavy atom. The molecule has 0 spiro atoms. The zero-order valence-corrected chi connectivity index (χ0v) is 10.4. The van der Waals surface area contributed by atoms with Crippen molar-refractivity contribution in [2.45, 2.75) is 19.3 Å². The van der Waals surface area contributed by atoms with Gasteiger partial charge in [-0.1, -0.05) is 30.4 Å². The lowest BCUT2D eigenvalue weighted by Gasteiger charge is -2.05. The summed E-state index contributed by atoms with van der Waals surface area (Å²) in [4.78, 5) is 22.2. The molecule has 0 fully saturated rings. The summed E-state index contributed by atoms with van der Waals surface area (Å²) in [6, 6.07) is 7.82. The lowest BCUT2D eigenvalue weighted by molar-refractivity contribution is 0.838. The number of hydrogen-bond donors (Lipinski definition) is 2. The quantitative estimate of drug-likeness (QED) is 0.813. The van der Waals surface area contributed by atoms with E-state index in [9.17, 15) is 9.59 Å². The molecule has 1 aromatic heterocycles. The van der Waals surface area contributed by atoms with E-state index in [-0.39, 0.29) is 0 Å². The molecule has 0 amide bonds. The normalized spacial score (nSPS) is 12.6. The van der Waals surface area contributed by atoms with Gasteiger partial charge in [0.2, 0.25) is 5.43 Å². The molecular weight excluding hydrogens is 240 g/mol. The van der Waals surface area contributed by atoms with E-state index in [1.54, 1.807) is 0 Å². The molecule has 96 valence electrons. The van der Waals surface area contributed by atoms with Gasteiger partial charge < -0.3 is 5.10 Å². The predicted octanol–water partition coefficient (Wildman–Crippen LogP) is 1.42. The van der Waals surface area contributed by atoms with Gasteiger partial charge in [0.15, 0.2) is 0 Å². The summed E-state index contributed by atoms with van der Waals surface area (Å²) >= 11 is 0. The fraction of sp³-hybridized carbons (Fsp3) is 0.200. The second-order valence-electron chi connectivity index (χ2n) is 4.75. The number of rotatable bonds is 3. The van der Waals surface area contributed by atoms with Crippen molar-refractivity contribution in [1.82, 2.24) is 10.2 Å². The molecule has 0 aliphatic heterocycles. The average molecular weight is 254 g/mol. The Bertz CT molecular complexity index is 753. The number of aryl methyl sites for hydroxylation is 2. The molecule has 2 aromatic rings. The van der Waals surface area contributed by atoms with Crippen molar-refractivity contribution in [2.75, 3.05) is 0 Å². The summed E-state index contributed by atoms with van der Waals surface area (Å²) in [6.45, 7) is 0. The topological polar surface area (TPSA) is 65.7 Å². The van der Waals surface area contributed by atoms with Gasteiger partial charge in [0.05, 0.1) is 0 Å². The second-order valence-corrected chi connectivity index (χ2v) is 4.75. The number of allylic oxidation sites excluding steroid dienone is 1. The van der Waals surface area contributed by atoms with Crippen LogP contribution in [0, 0.1) is 0 Å². The summed E-state index contributed by atoms with van der Waals surface area (Å²) < 4.78 is 0. The number of H-pyrrole nitrogens is 2. The molecule has 1 aliphatic rings. The van der Waals surface area contributed by atoms with Crippen molar-refractivity contribution in [1.29, 1.82) is 0 Å². The first-order valence-corrected chi connectivity index (χ1v) is 6.31. The molecule has 0 atom stereocenters. The summed E-state index contributed by atoms with van der Waals surface area (Å²) in [5.41, 5.74) is 3.53. The molecule has 4 heteroatoms. The molecule has 1 aliphatic carbocycles. The first-order valence-electron chi connectivity index (χ1n) is 6.31. The van der Waals surface area contributed by atoms with E-state index < -0.39 is 11.0 Å². The molecule has 19 heavy (non-hydrogen) atoms. The summed E-state index contributed by atoms with van der Waals surface area (Å²) in [7, 11) is 0. The minimum absolute atomic E-state index is 0.495. The molecule has 0 saturated carbocycles. The first kappa shape index (κ1) is 11.7. The monoisotopic (exact) mass is 254 g/mol. The van der Waals surface area contributed by atoms with Crippen LogP contribution in [-0.4, -0.2) is 10.2 Å². The molecule has 2 N–H and O–H groups in total. The van der Waals surface area contributed by atoms with Crippen molar-refractivity contribution < 1.29 is 0 Å². The third-order valence-corrected chi connectivity index (χ3v) is 3.39. The summed E-state index contributed by atoms with van der Waals surface area (Å²) in [5.74, 6) is 0. The zero-order valence-electron chi connectivity index (χ0n) is 10.4. The van der Waals surface area contributed by atoms with Gasteiger partial charge in [-0.05, 0) is 36.0 Å². The molecule has 1 heterocycles. The van der Waals surface area contributed by atoms with Crippen LogP contribution in [0.4, 0.5) is 0 Å². The van der Waals surface area contributed by atoms with Gasteiger partial charge in [-0.15, -0.1) is 0 Å². The van der Waals surface area contributed by atoms with Gasteiger partial charge >= 0.3 is 5.56 Å². The molecule has 0 saturated heterocycles. The first-order chi connectivity index (χ1) is 9.22. The molecular formula is C15H14N2O2. The number of aromatic amines is 2. The van der Waals surface area contributed by atoms with Crippen LogP contribution in [0.15, 0.2) is 39.9 Å². The SMILES string of the molecule is O=c1cc(CCc2ccc3c(c2)C=CC3)[nH][nH]c1=O. The molecule has 4 nitrogen and oxygen atoms in total. The maximum atomic E-state index is 11.2. The van der Waals surface area contributed by atoms with E-state index in [2.05, 4.69) is 40.5 Å². The van der Waals surface area contributed by atoms with Crippen LogP contribution in [0.3, 0.4) is 0 Å². The zero-order chi connectivity index (χ0) is 13.2.